The summed E-state index contributed by atoms with van der Waals surface area (Å²) in [6, 6.07) is 15.7. The number of amides is 1. The maximum atomic E-state index is 12.5. The Morgan fingerprint density at radius 3 is 2.70 bits per heavy atom. The maximum absolute atomic E-state index is 12.5. The maximum Gasteiger partial charge on any atom is 0.223 e. The number of ether oxygens (including phenoxy) is 1. The molecule has 1 amide bonds. The van der Waals surface area contributed by atoms with Crippen LogP contribution in [0.15, 0.2) is 52.9 Å². The summed E-state index contributed by atoms with van der Waals surface area (Å²) in [4.78, 5) is 21.2. The van der Waals surface area contributed by atoms with Gasteiger partial charge < -0.3 is 19.0 Å². The summed E-state index contributed by atoms with van der Waals surface area (Å²) in [5.74, 6) is 1.63. The van der Waals surface area contributed by atoms with Crippen LogP contribution in [0.3, 0.4) is 0 Å². The highest BCUT2D eigenvalue weighted by atomic mass is 16.5. The van der Waals surface area contributed by atoms with Crippen molar-refractivity contribution in [3.05, 3.63) is 54.4 Å². The van der Waals surface area contributed by atoms with Gasteiger partial charge in [0, 0.05) is 50.8 Å². The molecule has 0 radical (unpaired) electrons. The van der Waals surface area contributed by atoms with Crippen molar-refractivity contribution >= 4 is 22.7 Å². The van der Waals surface area contributed by atoms with Crippen molar-refractivity contribution in [1.82, 2.24) is 9.88 Å². The van der Waals surface area contributed by atoms with Crippen LogP contribution in [0.4, 0.5) is 5.69 Å². The number of aryl methyl sites for hydroxylation is 1. The van der Waals surface area contributed by atoms with E-state index in [0.717, 1.165) is 48.7 Å². The fourth-order valence-corrected chi connectivity index (χ4v) is 3.42. The third-order valence-corrected chi connectivity index (χ3v) is 4.94. The van der Waals surface area contributed by atoms with Crippen LogP contribution in [-0.4, -0.2) is 49.1 Å². The van der Waals surface area contributed by atoms with Crippen LogP contribution in [0.5, 0.6) is 5.75 Å². The zero-order chi connectivity index (χ0) is 18.6. The SMILES string of the molecule is COc1cccc(N2CCN(C(=O)CCc3nc4ccccc4o3)CC2)c1. The first kappa shape index (κ1) is 17.4. The van der Waals surface area contributed by atoms with Gasteiger partial charge in [0.15, 0.2) is 11.5 Å². The predicted octanol–water partition coefficient (Wildman–Crippen LogP) is 3.12. The lowest BCUT2D eigenvalue weighted by atomic mass is 10.2. The number of oxazole rings is 1. The molecule has 0 N–H and O–H groups in total. The summed E-state index contributed by atoms with van der Waals surface area (Å²) in [5, 5.41) is 0. The summed E-state index contributed by atoms with van der Waals surface area (Å²) >= 11 is 0. The van der Waals surface area contributed by atoms with Gasteiger partial charge >= 0.3 is 0 Å². The second-order valence-electron chi connectivity index (χ2n) is 6.64. The second-order valence-corrected chi connectivity index (χ2v) is 6.64. The lowest BCUT2D eigenvalue weighted by Crippen LogP contribution is -2.48. The molecule has 2 heterocycles. The van der Waals surface area contributed by atoms with Crippen LogP contribution in [-0.2, 0) is 11.2 Å². The molecule has 0 aliphatic carbocycles. The zero-order valence-electron chi connectivity index (χ0n) is 15.4. The van der Waals surface area contributed by atoms with Crippen LogP contribution < -0.4 is 9.64 Å². The molecule has 0 saturated carbocycles. The molecule has 4 rings (SSSR count). The van der Waals surface area contributed by atoms with E-state index >= 15 is 0 Å². The Morgan fingerprint density at radius 2 is 1.93 bits per heavy atom. The molecule has 1 aliphatic rings. The van der Waals surface area contributed by atoms with Crippen LogP contribution in [0.2, 0.25) is 0 Å². The van der Waals surface area contributed by atoms with Gasteiger partial charge in [0.05, 0.1) is 7.11 Å². The number of carbonyl (C=O) groups excluding carboxylic acids is 1. The minimum atomic E-state index is 0.155. The molecule has 6 heteroatoms. The standard InChI is InChI=1S/C21H23N3O3/c1-26-17-6-4-5-16(15-17)23-11-13-24(14-12-23)21(25)10-9-20-22-18-7-2-3-8-19(18)27-20/h2-8,15H,9-14H2,1H3. The van der Waals surface area contributed by atoms with Crippen LogP contribution in [0.1, 0.15) is 12.3 Å². The summed E-state index contributed by atoms with van der Waals surface area (Å²) in [6.45, 7) is 3.09. The van der Waals surface area contributed by atoms with Crippen molar-refractivity contribution < 1.29 is 13.9 Å². The summed E-state index contributed by atoms with van der Waals surface area (Å²) in [7, 11) is 1.67. The number of benzene rings is 2. The Balaban J connectivity index is 1.30. The Kier molecular flexibility index (Phi) is 4.96. The first-order chi connectivity index (χ1) is 13.2. The average Bonchev–Trinajstić information content (AvgIpc) is 3.15. The number of aromatic nitrogens is 1. The Bertz CT molecular complexity index is 896. The molecule has 140 valence electrons. The minimum absolute atomic E-state index is 0.155. The molecule has 0 unspecified atom stereocenters. The number of piperazine rings is 1. The molecular weight excluding hydrogens is 342 g/mol. The summed E-state index contributed by atoms with van der Waals surface area (Å²) in [6.07, 6.45) is 0.954. The number of carbonyl (C=O) groups is 1. The van der Waals surface area contributed by atoms with Crippen molar-refractivity contribution in [3.8, 4) is 5.75 Å². The molecule has 0 spiro atoms. The van der Waals surface area contributed by atoms with Gasteiger partial charge in [-0.05, 0) is 24.3 Å². The van der Waals surface area contributed by atoms with Crippen molar-refractivity contribution in [1.29, 1.82) is 0 Å². The van der Waals surface area contributed by atoms with E-state index in [2.05, 4.69) is 16.0 Å². The molecular formula is C21H23N3O3. The van der Waals surface area contributed by atoms with Gasteiger partial charge in [-0.15, -0.1) is 0 Å². The molecule has 1 fully saturated rings. The van der Waals surface area contributed by atoms with E-state index in [-0.39, 0.29) is 5.91 Å². The van der Waals surface area contributed by atoms with E-state index in [4.69, 9.17) is 9.15 Å². The Hall–Kier alpha value is -3.02. The van der Waals surface area contributed by atoms with Gasteiger partial charge in [0.25, 0.3) is 0 Å². The summed E-state index contributed by atoms with van der Waals surface area (Å²) < 4.78 is 11.0. The number of rotatable bonds is 5. The normalized spacial score (nSPS) is 14.6. The van der Waals surface area contributed by atoms with Crippen LogP contribution in [0.25, 0.3) is 11.1 Å². The topological polar surface area (TPSA) is 58.8 Å². The van der Waals surface area contributed by atoms with E-state index in [9.17, 15) is 4.79 Å². The Labute approximate surface area is 158 Å². The third-order valence-electron chi connectivity index (χ3n) is 4.94. The lowest BCUT2D eigenvalue weighted by molar-refractivity contribution is -0.131. The predicted molar refractivity (Wildman–Crippen MR) is 104 cm³/mol. The largest absolute Gasteiger partial charge is 0.497 e. The monoisotopic (exact) mass is 365 g/mol. The fourth-order valence-electron chi connectivity index (χ4n) is 3.42. The van der Waals surface area contributed by atoms with Gasteiger partial charge in [-0.3, -0.25) is 4.79 Å². The molecule has 0 atom stereocenters. The van der Waals surface area contributed by atoms with Gasteiger partial charge in [0.2, 0.25) is 5.91 Å². The highest BCUT2D eigenvalue weighted by Gasteiger charge is 2.22. The third kappa shape index (κ3) is 3.89. The van der Waals surface area contributed by atoms with Gasteiger partial charge in [-0.1, -0.05) is 18.2 Å². The number of hydrogen-bond acceptors (Lipinski definition) is 5. The summed E-state index contributed by atoms with van der Waals surface area (Å²) in [5.41, 5.74) is 2.74. The lowest BCUT2D eigenvalue weighted by Gasteiger charge is -2.36. The average molecular weight is 365 g/mol. The minimum Gasteiger partial charge on any atom is -0.497 e. The van der Waals surface area contributed by atoms with Crippen molar-refractivity contribution in [2.75, 3.05) is 38.2 Å². The van der Waals surface area contributed by atoms with Crippen molar-refractivity contribution in [3.63, 3.8) is 0 Å². The van der Waals surface area contributed by atoms with Crippen LogP contribution in [0, 0.1) is 0 Å². The molecule has 3 aromatic rings. The van der Waals surface area contributed by atoms with Crippen LogP contribution >= 0.6 is 0 Å². The van der Waals surface area contributed by atoms with E-state index < -0.39 is 0 Å². The second kappa shape index (κ2) is 7.70. The zero-order valence-corrected chi connectivity index (χ0v) is 15.4. The highest BCUT2D eigenvalue weighted by Crippen LogP contribution is 2.22. The number of fused-ring (bicyclic) bond motifs is 1. The van der Waals surface area contributed by atoms with E-state index in [0.29, 0.717) is 18.7 Å². The van der Waals surface area contributed by atoms with E-state index in [1.807, 2.05) is 47.4 Å². The molecule has 1 aliphatic heterocycles. The number of methoxy groups -OCH3 is 1. The fraction of sp³-hybridized carbons (Fsp3) is 0.333. The van der Waals surface area contributed by atoms with E-state index in [1.54, 1.807) is 7.11 Å². The highest BCUT2D eigenvalue weighted by molar-refractivity contribution is 5.77. The first-order valence-corrected chi connectivity index (χ1v) is 9.24. The number of anilines is 1. The molecule has 6 nitrogen and oxygen atoms in total. The molecule has 2 aromatic carbocycles. The number of para-hydroxylation sites is 2. The molecule has 0 bridgehead atoms. The molecule has 1 saturated heterocycles. The van der Waals surface area contributed by atoms with Gasteiger partial charge in [-0.2, -0.15) is 0 Å². The number of hydrogen-bond donors (Lipinski definition) is 0. The molecule has 1 aromatic heterocycles. The quantitative estimate of drug-likeness (QED) is 0.695. The smallest absolute Gasteiger partial charge is 0.223 e. The molecule has 27 heavy (non-hydrogen) atoms. The Morgan fingerprint density at radius 1 is 1.11 bits per heavy atom. The van der Waals surface area contributed by atoms with Gasteiger partial charge in [-0.25, -0.2) is 4.98 Å². The van der Waals surface area contributed by atoms with E-state index in [1.165, 1.54) is 0 Å². The van der Waals surface area contributed by atoms with Gasteiger partial charge in [0.1, 0.15) is 11.3 Å². The first-order valence-electron chi connectivity index (χ1n) is 9.24. The number of nitrogens with zero attached hydrogens (tertiary/aromatic N) is 3. The van der Waals surface area contributed by atoms with Crippen molar-refractivity contribution in [2.24, 2.45) is 0 Å². The van der Waals surface area contributed by atoms with Crippen molar-refractivity contribution in [2.45, 2.75) is 12.8 Å².